The molecule has 180 valence electrons. The van der Waals surface area contributed by atoms with Gasteiger partial charge in [-0.3, -0.25) is 9.69 Å². The molecule has 0 saturated carbocycles. The molecule has 1 fully saturated rings. The van der Waals surface area contributed by atoms with Crippen molar-refractivity contribution < 1.29 is 19.7 Å². The van der Waals surface area contributed by atoms with E-state index in [-0.39, 0.29) is 17.3 Å². The molecule has 6 heteroatoms. The van der Waals surface area contributed by atoms with E-state index in [4.69, 9.17) is 4.74 Å². The van der Waals surface area contributed by atoms with Gasteiger partial charge in [0.2, 0.25) is 0 Å². The van der Waals surface area contributed by atoms with Crippen molar-refractivity contribution in [1.29, 1.82) is 0 Å². The van der Waals surface area contributed by atoms with E-state index in [1.165, 1.54) is 31.0 Å². The Morgan fingerprint density at radius 2 is 1.63 bits per heavy atom. The maximum absolute atomic E-state index is 13.6. The molecule has 0 aromatic heterocycles. The Kier molecular flexibility index (Phi) is 7.11. The third-order valence-electron chi connectivity index (χ3n) is 6.57. The first-order chi connectivity index (χ1) is 17.1. The summed E-state index contributed by atoms with van der Waals surface area (Å²) >= 11 is 1.51. The summed E-state index contributed by atoms with van der Waals surface area (Å²) in [5.74, 6) is 0.651. The van der Waals surface area contributed by atoms with E-state index >= 15 is 0 Å². The molecule has 5 nitrogen and oxygen atoms in total. The quantitative estimate of drug-likeness (QED) is 0.394. The lowest BCUT2D eigenvalue weighted by Gasteiger charge is -2.26. The van der Waals surface area contributed by atoms with Gasteiger partial charge in [0.25, 0.3) is 0 Å². The first kappa shape index (κ1) is 23.5. The Labute approximate surface area is 210 Å². The summed E-state index contributed by atoms with van der Waals surface area (Å²) in [7, 11) is 0. The lowest BCUT2D eigenvalue weighted by atomic mass is 9.89. The smallest absolute Gasteiger partial charge is 0.174 e. The number of hydrogen-bond donors (Lipinski definition) is 2. The number of carbonyl (C=O) groups excluding carboxylic acids is 1. The van der Waals surface area contributed by atoms with Crippen molar-refractivity contribution >= 4 is 22.5 Å². The van der Waals surface area contributed by atoms with E-state index in [1.54, 1.807) is 24.3 Å². The van der Waals surface area contributed by atoms with Crippen LogP contribution in [0.3, 0.4) is 0 Å². The summed E-state index contributed by atoms with van der Waals surface area (Å²) in [6.07, 6.45) is 5.83. The number of hydrogen-bond acceptors (Lipinski definition) is 6. The van der Waals surface area contributed by atoms with E-state index in [9.17, 15) is 15.0 Å². The van der Waals surface area contributed by atoms with Crippen LogP contribution in [0.2, 0.25) is 0 Å². The molecule has 3 aromatic carbocycles. The summed E-state index contributed by atoms with van der Waals surface area (Å²) in [6.45, 7) is 3.86. The van der Waals surface area contributed by atoms with E-state index in [0.29, 0.717) is 12.2 Å². The number of likely N-dealkylation sites (tertiary alicyclic amines) is 1. The molecular formula is C29H29NO4S. The van der Waals surface area contributed by atoms with Crippen LogP contribution in [-0.2, 0) is 0 Å². The lowest BCUT2D eigenvalue weighted by Crippen LogP contribution is -2.33. The number of phenolic OH excluding ortho intramolecular Hbond substituents is 2. The van der Waals surface area contributed by atoms with Crippen LogP contribution < -0.4 is 4.74 Å². The van der Waals surface area contributed by atoms with Crippen LogP contribution in [0, 0.1) is 0 Å². The third-order valence-corrected chi connectivity index (χ3v) is 7.73. The Morgan fingerprint density at radius 3 is 2.37 bits per heavy atom. The van der Waals surface area contributed by atoms with E-state index in [0.717, 1.165) is 46.3 Å². The number of benzene rings is 3. The molecule has 0 amide bonds. The van der Waals surface area contributed by atoms with Crippen LogP contribution in [-0.4, -0.2) is 47.1 Å². The van der Waals surface area contributed by atoms with Gasteiger partial charge in [-0.1, -0.05) is 42.5 Å². The van der Waals surface area contributed by atoms with E-state index in [2.05, 4.69) is 4.90 Å². The van der Waals surface area contributed by atoms with E-state index in [1.807, 2.05) is 48.5 Å². The second-order valence-electron chi connectivity index (χ2n) is 9.02. The number of fused-ring (bicyclic) bond motifs is 1. The zero-order valence-electron chi connectivity index (χ0n) is 19.5. The molecule has 0 spiro atoms. The molecule has 1 unspecified atom stereocenters. The number of rotatable bonds is 7. The highest BCUT2D eigenvalue weighted by atomic mass is 32.2. The summed E-state index contributed by atoms with van der Waals surface area (Å²) < 4.78 is 5.93. The van der Waals surface area contributed by atoms with Gasteiger partial charge in [-0.05, 0) is 85.6 Å². The molecule has 2 N–H and O–H groups in total. The molecular weight excluding hydrogens is 458 g/mol. The summed E-state index contributed by atoms with van der Waals surface area (Å²) in [5.41, 5.74) is 2.41. The molecule has 2 heterocycles. The van der Waals surface area contributed by atoms with Gasteiger partial charge in [0.05, 0.1) is 5.92 Å². The van der Waals surface area contributed by atoms with Crippen molar-refractivity contribution in [1.82, 2.24) is 4.90 Å². The molecule has 0 aliphatic carbocycles. The first-order valence-electron chi connectivity index (χ1n) is 12.1. The largest absolute Gasteiger partial charge is 0.508 e. The van der Waals surface area contributed by atoms with Crippen molar-refractivity contribution in [3.8, 4) is 17.2 Å². The maximum atomic E-state index is 13.6. The van der Waals surface area contributed by atoms with Crippen LogP contribution in [0.5, 0.6) is 17.2 Å². The Morgan fingerprint density at radius 1 is 0.914 bits per heavy atom. The first-order valence-corrected chi connectivity index (χ1v) is 12.9. The van der Waals surface area contributed by atoms with Crippen molar-refractivity contribution in [2.24, 2.45) is 0 Å². The predicted molar refractivity (Wildman–Crippen MR) is 139 cm³/mol. The molecule has 35 heavy (non-hydrogen) atoms. The molecule has 0 radical (unpaired) electrons. The zero-order valence-corrected chi connectivity index (χ0v) is 20.3. The van der Waals surface area contributed by atoms with Gasteiger partial charge < -0.3 is 14.9 Å². The summed E-state index contributed by atoms with van der Waals surface area (Å²) in [6, 6.07) is 19.5. The molecule has 2 aliphatic rings. The van der Waals surface area contributed by atoms with Gasteiger partial charge >= 0.3 is 0 Å². The topological polar surface area (TPSA) is 70.0 Å². The van der Waals surface area contributed by atoms with Crippen molar-refractivity contribution in [3.05, 3.63) is 89.5 Å². The monoisotopic (exact) mass is 487 g/mol. The van der Waals surface area contributed by atoms with Crippen molar-refractivity contribution in [2.75, 3.05) is 26.2 Å². The van der Waals surface area contributed by atoms with Crippen molar-refractivity contribution in [2.45, 2.75) is 30.1 Å². The van der Waals surface area contributed by atoms with Gasteiger partial charge in [-0.25, -0.2) is 0 Å². The molecule has 3 aromatic rings. The lowest BCUT2D eigenvalue weighted by molar-refractivity contribution is 0.0975. The standard InChI is InChI=1S/C29H29NO4S/c31-22-8-4-20(5-9-22)27-19-26(25-13-10-23(32)18-28(25)35-27)29(33)21-6-11-24(12-7-21)34-17-16-30-14-2-1-3-15-30/h4-13,18-19,26,31-32H,1-3,14-17H2. The maximum Gasteiger partial charge on any atom is 0.174 e. The van der Waals surface area contributed by atoms with Crippen LogP contribution in [0.4, 0.5) is 0 Å². The fraction of sp³-hybridized carbons (Fsp3) is 0.276. The Bertz CT molecular complexity index is 1210. The van der Waals surface area contributed by atoms with Crippen LogP contribution in [0.15, 0.2) is 77.7 Å². The second kappa shape index (κ2) is 10.6. The van der Waals surface area contributed by atoms with Gasteiger partial charge in [0.1, 0.15) is 23.9 Å². The number of allylic oxidation sites excluding steroid dienone is 1. The van der Waals surface area contributed by atoms with Gasteiger partial charge in [0, 0.05) is 21.9 Å². The minimum atomic E-state index is -0.471. The number of carbonyl (C=O) groups is 1. The number of ether oxygens (including phenoxy) is 1. The minimum absolute atomic E-state index is 0.00613. The molecule has 1 saturated heterocycles. The predicted octanol–water partition coefficient (Wildman–Crippen LogP) is 6.08. The fourth-order valence-corrected chi connectivity index (χ4v) is 5.82. The highest BCUT2D eigenvalue weighted by molar-refractivity contribution is 8.08. The zero-order chi connectivity index (χ0) is 24.2. The summed E-state index contributed by atoms with van der Waals surface area (Å²) in [4.78, 5) is 17.8. The Balaban J connectivity index is 1.33. The molecule has 0 bridgehead atoms. The second-order valence-corrected chi connectivity index (χ2v) is 10.1. The van der Waals surface area contributed by atoms with Crippen LogP contribution in [0.25, 0.3) is 4.91 Å². The highest BCUT2D eigenvalue weighted by Gasteiger charge is 2.28. The average molecular weight is 488 g/mol. The number of phenols is 2. The average Bonchev–Trinajstić information content (AvgIpc) is 2.89. The van der Waals surface area contributed by atoms with Gasteiger partial charge in [-0.2, -0.15) is 0 Å². The normalized spacial score (nSPS) is 17.9. The SMILES string of the molecule is O=C(c1ccc(OCCN2CCCCC2)cc1)C1C=C(c2ccc(O)cc2)Sc2cc(O)ccc21. The number of ketones is 1. The molecule has 1 atom stereocenters. The molecule has 5 rings (SSSR count). The number of Topliss-reactive ketones (excluding diaryl/α,β-unsaturated/α-hetero) is 1. The Hall–Kier alpha value is -3.22. The fourth-order valence-electron chi connectivity index (χ4n) is 4.63. The molecule has 2 aliphatic heterocycles. The number of piperidine rings is 1. The van der Waals surface area contributed by atoms with E-state index < -0.39 is 5.92 Å². The van der Waals surface area contributed by atoms with Gasteiger partial charge in [0.15, 0.2) is 5.78 Å². The van der Waals surface area contributed by atoms with Crippen molar-refractivity contribution in [3.63, 3.8) is 0 Å². The third kappa shape index (κ3) is 5.55. The van der Waals surface area contributed by atoms with Crippen LogP contribution in [0.1, 0.15) is 46.7 Å². The highest BCUT2D eigenvalue weighted by Crippen LogP contribution is 2.47. The minimum Gasteiger partial charge on any atom is -0.508 e. The van der Waals surface area contributed by atoms with Crippen LogP contribution >= 0.6 is 11.8 Å². The number of thioether (sulfide) groups is 1. The van der Waals surface area contributed by atoms with Gasteiger partial charge in [-0.15, -0.1) is 0 Å². The summed E-state index contributed by atoms with van der Waals surface area (Å²) in [5, 5.41) is 19.7. The number of aromatic hydroxyl groups is 2. The number of nitrogens with zero attached hydrogens (tertiary/aromatic N) is 1.